The number of nitrogens with one attached hydrogen (secondary N) is 1. The Hall–Kier alpha value is -2.09. The summed E-state index contributed by atoms with van der Waals surface area (Å²) in [6, 6.07) is 6.36. The number of sulfonamides is 1. The van der Waals surface area contributed by atoms with Crippen LogP contribution in [0.3, 0.4) is 0 Å². The molecule has 0 bridgehead atoms. The molecule has 0 radical (unpaired) electrons. The maximum atomic E-state index is 12.0. The standard InChI is InChI=1S/C13H17NO6S/c1-9(13(17)20-2)21(18,19)14-11-5-3-4-10(8-11)6-7-12(15)16/h3-5,8-9,14H,6-7H2,1-2H3,(H,15,16). The minimum absolute atomic E-state index is 0.0469. The van der Waals surface area contributed by atoms with E-state index in [4.69, 9.17) is 5.11 Å². The van der Waals surface area contributed by atoms with E-state index in [1.165, 1.54) is 19.1 Å². The summed E-state index contributed by atoms with van der Waals surface area (Å²) in [5.74, 6) is -1.79. The van der Waals surface area contributed by atoms with Crippen molar-refractivity contribution in [1.82, 2.24) is 0 Å². The normalized spacial score (nSPS) is 12.5. The van der Waals surface area contributed by atoms with Gasteiger partial charge in [0.25, 0.3) is 0 Å². The van der Waals surface area contributed by atoms with Crippen molar-refractivity contribution < 1.29 is 27.9 Å². The molecule has 0 amide bonds. The number of aryl methyl sites for hydroxylation is 1. The fraction of sp³-hybridized carbons (Fsp3) is 0.385. The Bertz CT molecular complexity index is 625. The van der Waals surface area contributed by atoms with E-state index in [9.17, 15) is 18.0 Å². The van der Waals surface area contributed by atoms with E-state index in [1.807, 2.05) is 0 Å². The molecule has 1 aromatic rings. The summed E-state index contributed by atoms with van der Waals surface area (Å²) in [7, 11) is -2.80. The maximum Gasteiger partial charge on any atom is 0.325 e. The highest BCUT2D eigenvalue weighted by molar-refractivity contribution is 7.94. The van der Waals surface area contributed by atoms with E-state index in [1.54, 1.807) is 12.1 Å². The summed E-state index contributed by atoms with van der Waals surface area (Å²) < 4.78 is 30.6. The van der Waals surface area contributed by atoms with Crippen molar-refractivity contribution in [2.24, 2.45) is 0 Å². The van der Waals surface area contributed by atoms with Crippen LogP contribution in [0.4, 0.5) is 5.69 Å². The predicted molar refractivity (Wildman–Crippen MR) is 76.4 cm³/mol. The maximum absolute atomic E-state index is 12.0. The SMILES string of the molecule is COC(=O)C(C)S(=O)(=O)Nc1cccc(CCC(=O)O)c1. The summed E-state index contributed by atoms with van der Waals surface area (Å²) in [4.78, 5) is 21.8. The van der Waals surface area contributed by atoms with Gasteiger partial charge in [-0.2, -0.15) is 0 Å². The predicted octanol–water partition coefficient (Wildman–Crippen LogP) is 1.01. The molecule has 8 heteroatoms. The first-order valence-electron chi connectivity index (χ1n) is 6.16. The molecule has 0 heterocycles. The Morgan fingerprint density at radius 1 is 1.38 bits per heavy atom. The zero-order chi connectivity index (χ0) is 16.0. The Kier molecular flexibility index (Phi) is 5.71. The minimum atomic E-state index is -3.91. The molecule has 7 nitrogen and oxygen atoms in total. The van der Waals surface area contributed by atoms with Crippen LogP contribution in [0.1, 0.15) is 18.9 Å². The van der Waals surface area contributed by atoms with Gasteiger partial charge in [-0.05, 0) is 31.0 Å². The third-order valence-corrected chi connectivity index (χ3v) is 4.46. The molecule has 0 saturated carbocycles. The first kappa shape index (κ1) is 17.0. The molecule has 1 atom stereocenters. The zero-order valence-electron chi connectivity index (χ0n) is 11.7. The second-order valence-electron chi connectivity index (χ2n) is 4.41. The number of carboxylic acid groups (broad SMARTS) is 1. The number of benzene rings is 1. The number of carbonyl (C=O) groups excluding carboxylic acids is 1. The lowest BCUT2D eigenvalue weighted by atomic mass is 10.1. The van der Waals surface area contributed by atoms with E-state index in [0.717, 1.165) is 7.11 Å². The molecule has 116 valence electrons. The third-order valence-electron chi connectivity index (χ3n) is 2.81. The highest BCUT2D eigenvalue weighted by Gasteiger charge is 2.28. The van der Waals surface area contributed by atoms with Crippen molar-refractivity contribution in [2.75, 3.05) is 11.8 Å². The molecular formula is C13H17NO6S. The highest BCUT2D eigenvalue weighted by atomic mass is 32.2. The summed E-state index contributed by atoms with van der Waals surface area (Å²) in [6.45, 7) is 1.22. The van der Waals surface area contributed by atoms with Crippen LogP contribution < -0.4 is 4.72 Å². The van der Waals surface area contributed by atoms with Crippen LogP contribution in [-0.2, 0) is 30.8 Å². The van der Waals surface area contributed by atoms with Crippen LogP contribution in [0.15, 0.2) is 24.3 Å². The lowest BCUT2D eigenvalue weighted by Crippen LogP contribution is -2.33. The second-order valence-corrected chi connectivity index (χ2v) is 6.41. The van der Waals surface area contributed by atoms with Crippen molar-refractivity contribution in [3.05, 3.63) is 29.8 Å². The van der Waals surface area contributed by atoms with E-state index in [2.05, 4.69) is 9.46 Å². The molecule has 1 aromatic carbocycles. The molecule has 1 unspecified atom stereocenters. The number of rotatable bonds is 7. The Morgan fingerprint density at radius 2 is 2.05 bits per heavy atom. The van der Waals surface area contributed by atoms with Crippen LogP contribution in [0.5, 0.6) is 0 Å². The lowest BCUT2D eigenvalue weighted by Gasteiger charge is -2.13. The van der Waals surface area contributed by atoms with Crippen molar-refractivity contribution in [2.45, 2.75) is 25.0 Å². The lowest BCUT2D eigenvalue weighted by molar-refractivity contribution is -0.140. The molecule has 0 aromatic heterocycles. The highest BCUT2D eigenvalue weighted by Crippen LogP contribution is 2.16. The van der Waals surface area contributed by atoms with Gasteiger partial charge in [-0.25, -0.2) is 8.42 Å². The summed E-state index contributed by atoms with van der Waals surface area (Å²) >= 11 is 0. The van der Waals surface area contributed by atoms with E-state index in [0.29, 0.717) is 5.56 Å². The van der Waals surface area contributed by atoms with Crippen LogP contribution >= 0.6 is 0 Å². The van der Waals surface area contributed by atoms with Crippen LogP contribution in [0.2, 0.25) is 0 Å². The summed E-state index contributed by atoms with van der Waals surface area (Å²) in [6.07, 6.45) is 0.242. The van der Waals surface area contributed by atoms with Gasteiger partial charge in [0.1, 0.15) is 0 Å². The molecule has 0 fully saturated rings. The Labute approximate surface area is 123 Å². The quantitative estimate of drug-likeness (QED) is 0.727. The number of aliphatic carboxylic acids is 1. The molecule has 0 aliphatic rings. The van der Waals surface area contributed by atoms with Gasteiger partial charge >= 0.3 is 11.9 Å². The average Bonchev–Trinajstić information content (AvgIpc) is 2.43. The van der Waals surface area contributed by atoms with Crippen LogP contribution in [0.25, 0.3) is 0 Å². The largest absolute Gasteiger partial charge is 0.481 e. The molecule has 0 saturated heterocycles. The molecule has 0 spiro atoms. The van der Waals surface area contributed by atoms with Gasteiger partial charge in [-0.3, -0.25) is 14.3 Å². The van der Waals surface area contributed by atoms with E-state index in [-0.39, 0.29) is 18.5 Å². The van der Waals surface area contributed by atoms with Crippen molar-refractivity contribution in [3.8, 4) is 0 Å². The topological polar surface area (TPSA) is 110 Å². The fourth-order valence-electron chi connectivity index (χ4n) is 1.59. The average molecular weight is 315 g/mol. The van der Waals surface area contributed by atoms with E-state index >= 15 is 0 Å². The number of methoxy groups -OCH3 is 1. The first-order chi connectivity index (χ1) is 9.76. The molecule has 2 N–H and O–H groups in total. The van der Waals surface area contributed by atoms with Gasteiger partial charge in [0, 0.05) is 12.1 Å². The number of carbonyl (C=O) groups is 2. The molecule has 1 rings (SSSR count). The molecule has 0 aliphatic heterocycles. The number of ether oxygens (including phenoxy) is 1. The zero-order valence-corrected chi connectivity index (χ0v) is 12.5. The summed E-state index contributed by atoms with van der Waals surface area (Å²) in [5.41, 5.74) is 0.956. The number of esters is 1. The Balaban J connectivity index is 2.85. The number of hydrogen-bond donors (Lipinski definition) is 2. The fourth-order valence-corrected chi connectivity index (χ4v) is 2.57. The van der Waals surface area contributed by atoms with Gasteiger partial charge in [0.15, 0.2) is 5.25 Å². The molecule has 21 heavy (non-hydrogen) atoms. The van der Waals surface area contributed by atoms with E-state index < -0.39 is 27.2 Å². The van der Waals surface area contributed by atoms with Gasteiger partial charge in [0.2, 0.25) is 10.0 Å². The molecule has 0 aliphatic carbocycles. The third kappa shape index (κ3) is 5.07. The first-order valence-corrected chi connectivity index (χ1v) is 7.71. The molecular weight excluding hydrogens is 298 g/mol. The number of carboxylic acids is 1. The van der Waals surface area contributed by atoms with Crippen molar-refractivity contribution >= 4 is 27.6 Å². The van der Waals surface area contributed by atoms with Gasteiger partial charge < -0.3 is 9.84 Å². The minimum Gasteiger partial charge on any atom is -0.481 e. The monoisotopic (exact) mass is 315 g/mol. The van der Waals surface area contributed by atoms with Gasteiger partial charge in [-0.15, -0.1) is 0 Å². The number of hydrogen-bond acceptors (Lipinski definition) is 5. The van der Waals surface area contributed by atoms with Crippen LogP contribution in [-0.4, -0.2) is 37.8 Å². The van der Waals surface area contributed by atoms with Crippen molar-refractivity contribution in [1.29, 1.82) is 0 Å². The van der Waals surface area contributed by atoms with Crippen LogP contribution in [0, 0.1) is 0 Å². The van der Waals surface area contributed by atoms with Gasteiger partial charge in [-0.1, -0.05) is 12.1 Å². The number of anilines is 1. The van der Waals surface area contributed by atoms with Crippen molar-refractivity contribution in [3.63, 3.8) is 0 Å². The Morgan fingerprint density at radius 3 is 2.62 bits per heavy atom. The second kappa shape index (κ2) is 7.07. The smallest absolute Gasteiger partial charge is 0.325 e. The van der Waals surface area contributed by atoms with Gasteiger partial charge in [0.05, 0.1) is 7.11 Å². The summed E-state index contributed by atoms with van der Waals surface area (Å²) in [5, 5.41) is 7.29.